The standard InChI is InChI=1S/C23H25N7O/c1-23(2)18-14(5-6-26-20(18)29-22(23)31)19-27-16-12-25-11-15(13-3-4-13)17(16)21(28-19)30-9-7-24-8-10-30/h5-6,11-13,24H,3-4,7-10H2,1-2H3,(H,26,29,31). The molecule has 0 unspecified atom stereocenters. The maximum Gasteiger partial charge on any atom is 0.235 e. The van der Waals surface area contributed by atoms with E-state index in [9.17, 15) is 4.79 Å². The highest BCUT2D eigenvalue weighted by Crippen LogP contribution is 2.46. The zero-order chi connectivity index (χ0) is 21.2. The minimum absolute atomic E-state index is 0.0525. The Hall–Kier alpha value is -3.13. The number of nitrogens with one attached hydrogen (secondary N) is 2. The first-order valence-corrected chi connectivity index (χ1v) is 11.0. The Morgan fingerprint density at radius 1 is 1.13 bits per heavy atom. The first-order chi connectivity index (χ1) is 15.0. The van der Waals surface area contributed by atoms with Crippen LogP contribution >= 0.6 is 0 Å². The zero-order valence-electron chi connectivity index (χ0n) is 17.8. The SMILES string of the molecule is CC1(C)C(=O)Nc2nccc(-c3nc(N4CCNCC4)c4c(C5CC5)cncc4n3)c21. The van der Waals surface area contributed by atoms with Gasteiger partial charge in [0, 0.05) is 55.1 Å². The van der Waals surface area contributed by atoms with Crippen LogP contribution in [0.2, 0.25) is 0 Å². The molecule has 2 aliphatic heterocycles. The highest BCUT2D eigenvalue weighted by atomic mass is 16.2. The number of carbonyl (C=O) groups excluding carboxylic acids is 1. The van der Waals surface area contributed by atoms with Gasteiger partial charge < -0.3 is 15.5 Å². The number of piperazine rings is 1. The molecule has 8 heteroatoms. The summed E-state index contributed by atoms with van der Waals surface area (Å²) < 4.78 is 0. The second-order valence-electron chi connectivity index (χ2n) is 9.17. The molecule has 2 fully saturated rings. The van der Waals surface area contributed by atoms with E-state index < -0.39 is 5.41 Å². The van der Waals surface area contributed by atoms with Gasteiger partial charge in [-0.05, 0) is 44.2 Å². The van der Waals surface area contributed by atoms with Crippen LogP contribution in [0.25, 0.3) is 22.3 Å². The second-order valence-corrected chi connectivity index (χ2v) is 9.17. The predicted molar refractivity (Wildman–Crippen MR) is 119 cm³/mol. The van der Waals surface area contributed by atoms with Crippen molar-refractivity contribution in [1.29, 1.82) is 0 Å². The Balaban J connectivity index is 1.60. The lowest BCUT2D eigenvalue weighted by Gasteiger charge is -2.30. The van der Waals surface area contributed by atoms with Crippen molar-refractivity contribution < 1.29 is 4.79 Å². The Morgan fingerprint density at radius 2 is 1.94 bits per heavy atom. The van der Waals surface area contributed by atoms with Gasteiger partial charge in [0.25, 0.3) is 0 Å². The summed E-state index contributed by atoms with van der Waals surface area (Å²) in [5, 5.41) is 7.46. The average Bonchev–Trinajstić information content (AvgIpc) is 3.60. The number of hydrogen-bond donors (Lipinski definition) is 2. The Bertz CT molecular complexity index is 1210. The monoisotopic (exact) mass is 415 g/mol. The van der Waals surface area contributed by atoms with Gasteiger partial charge in [-0.15, -0.1) is 0 Å². The summed E-state index contributed by atoms with van der Waals surface area (Å²) >= 11 is 0. The van der Waals surface area contributed by atoms with E-state index in [1.54, 1.807) is 6.20 Å². The lowest BCUT2D eigenvalue weighted by molar-refractivity contribution is -0.119. The number of fused-ring (bicyclic) bond motifs is 2. The number of pyridine rings is 2. The van der Waals surface area contributed by atoms with Crippen molar-refractivity contribution in [2.75, 3.05) is 36.4 Å². The molecule has 3 aromatic heterocycles. The molecule has 0 radical (unpaired) electrons. The third kappa shape index (κ3) is 2.89. The number of rotatable bonds is 3. The molecular formula is C23H25N7O. The fourth-order valence-corrected chi connectivity index (χ4v) is 4.77. The van der Waals surface area contributed by atoms with Crippen LogP contribution in [0.4, 0.5) is 11.6 Å². The normalized spacial score (nSPS) is 20.1. The lowest BCUT2D eigenvalue weighted by Crippen LogP contribution is -2.44. The molecule has 0 atom stereocenters. The Morgan fingerprint density at radius 3 is 2.71 bits per heavy atom. The van der Waals surface area contributed by atoms with Crippen LogP contribution < -0.4 is 15.5 Å². The summed E-state index contributed by atoms with van der Waals surface area (Å²) in [5.41, 5.74) is 3.14. The van der Waals surface area contributed by atoms with Crippen LogP contribution in [0.5, 0.6) is 0 Å². The van der Waals surface area contributed by atoms with Crippen molar-refractivity contribution in [2.24, 2.45) is 0 Å². The molecule has 8 nitrogen and oxygen atoms in total. The van der Waals surface area contributed by atoms with Crippen molar-refractivity contribution in [3.63, 3.8) is 0 Å². The van der Waals surface area contributed by atoms with Gasteiger partial charge in [-0.1, -0.05) is 0 Å². The largest absolute Gasteiger partial charge is 0.353 e. The van der Waals surface area contributed by atoms with Gasteiger partial charge in [0.2, 0.25) is 5.91 Å². The fraction of sp³-hybridized carbons (Fsp3) is 0.435. The Labute approximate surface area is 180 Å². The van der Waals surface area contributed by atoms with Gasteiger partial charge in [0.05, 0.1) is 17.1 Å². The lowest BCUT2D eigenvalue weighted by atomic mass is 9.84. The molecule has 0 spiro atoms. The third-order valence-electron chi connectivity index (χ3n) is 6.67. The van der Waals surface area contributed by atoms with Gasteiger partial charge in [-0.3, -0.25) is 9.78 Å². The molecule has 6 rings (SSSR count). The van der Waals surface area contributed by atoms with Crippen molar-refractivity contribution in [3.8, 4) is 11.4 Å². The van der Waals surface area contributed by atoms with E-state index >= 15 is 0 Å². The van der Waals surface area contributed by atoms with Crippen LogP contribution in [-0.4, -0.2) is 52.0 Å². The number of nitrogens with zero attached hydrogens (tertiary/aromatic N) is 5. The van der Waals surface area contributed by atoms with E-state index in [1.807, 2.05) is 32.3 Å². The van der Waals surface area contributed by atoms with Crippen LogP contribution in [-0.2, 0) is 10.2 Å². The van der Waals surface area contributed by atoms with E-state index in [4.69, 9.17) is 9.97 Å². The summed E-state index contributed by atoms with van der Waals surface area (Å²) in [7, 11) is 0. The molecule has 1 saturated carbocycles. The molecule has 3 aromatic rings. The predicted octanol–water partition coefficient (Wildman–Crippen LogP) is 2.60. The molecule has 2 N–H and O–H groups in total. The van der Waals surface area contributed by atoms with E-state index in [0.717, 1.165) is 54.0 Å². The second kappa shape index (κ2) is 6.68. The van der Waals surface area contributed by atoms with Gasteiger partial charge in [-0.2, -0.15) is 0 Å². The zero-order valence-corrected chi connectivity index (χ0v) is 17.8. The number of amides is 1. The number of anilines is 2. The third-order valence-corrected chi connectivity index (χ3v) is 6.67. The molecule has 3 aliphatic rings. The summed E-state index contributed by atoms with van der Waals surface area (Å²) in [6.07, 6.45) is 7.94. The molecular weight excluding hydrogens is 390 g/mol. The molecule has 1 aliphatic carbocycles. The van der Waals surface area contributed by atoms with Gasteiger partial charge in [-0.25, -0.2) is 15.0 Å². The molecule has 5 heterocycles. The highest BCUT2D eigenvalue weighted by Gasteiger charge is 2.42. The van der Waals surface area contributed by atoms with Crippen molar-refractivity contribution in [3.05, 3.63) is 35.8 Å². The summed E-state index contributed by atoms with van der Waals surface area (Å²) in [4.78, 5) is 33.9. The topological polar surface area (TPSA) is 95.9 Å². The highest BCUT2D eigenvalue weighted by molar-refractivity contribution is 6.07. The minimum Gasteiger partial charge on any atom is -0.353 e. The van der Waals surface area contributed by atoms with Crippen LogP contribution in [0.1, 0.15) is 43.7 Å². The summed E-state index contributed by atoms with van der Waals surface area (Å²) in [5.74, 6) is 2.71. The van der Waals surface area contributed by atoms with Crippen molar-refractivity contribution in [2.45, 2.75) is 38.0 Å². The van der Waals surface area contributed by atoms with Crippen LogP contribution in [0.15, 0.2) is 24.7 Å². The summed E-state index contributed by atoms with van der Waals surface area (Å²) in [6, 6.07) is 1.92. The van der Waals surface area contributed by atoms with Gasteiger partial charge in [0.1, 0.15) is 11.6 Å². The first kappa shape index (κ1) is 18.6. The van der Waals surface area contributed by atoms with Crippen molar-refractivity contribution >= 4 is 28.4 Å². The maximum atomic E-state index is 12.6. The Kier molecular flexibility index (Phi) is 4.02. The molecule has 31 heavy (non-hydrogen) atoms. The average molecular weight is 416 g/mol. The van der Waals surface area contributed by atoms with Crippen LogP contribution in [0, 0.1) is 0 Å². The van der Waals surface area contributed by atoms with Crippen molar-refractivity contribution in [1.82, 2.24) is 25.3 Å². The fourth-order valence-electron chi connectivity index (χ4n) is 4.77. The molecule has 1 amide bonds. The molecule has 0 aromatic carbocycles. The number of aromatic nitrogens is 4. The van der Waals surface area contributed by atoms with E-state index in [2.05, 4.69) is 25.5 Å². The number of hydrogen-bond acceptors (Lipinski definition) is 7. The first-order valence-electron chi connectivity index (χ1n) is 11.0. The molecule has 1 saturated heterocycles. The number of carbonyl (C=O) groups is 1. The van der Waals surface area contributed by atoms with Gasteiger partial charge in [0.15, 0.2) is 5.82 Å². The van der Waals surface area contributed by atoms with Crippen LogP contribution in [0.3, 0.4) is 0 Å². The van der Waals surface area contributed by atoms with Gasteiger partial charge >= 0.3 is 0 Å². The van der Waals surface area contributed by atoms with E-state index in [0.29, 0.717) is 17.6 Å². The smallest absolute Gasteiger partial charge is 0.235 e. The van der Waals surface area contributed by atoms with E-state index in [1.165, 1.54) is 18.4 Å². The molecule has 0 bridgehead atoms. The quantitative estimate of drug-likeness (QED) is 0.679. The summed E-state index contributed by atoms with van der Waals surface area (Å²) in [6.45, 7) is 7.51. The maximum absolute atomic E-state index is 12.6. The van der Waals surface area contributed by atoms with E-state index in [-0.39, 0.29) is 5.91 Å². The molecule has 158 valence electrons. The minimum atomic E-state index is -0.694.